The van der Waals surface area contributed by atoms with Gasteiger partial charge in [-0.3, -0.25) is 4.79 Å². The molecule has 0 atom stereocenters. The number of carbonyl (C=O) groups excluding carboxylic acids is 1. The van der Waals surface area contributed by atoms with Gasteiger partial charge in [0.2, 0.25) is 0 Å². The minimum atomic E-state index is -0.709. The maximum absolute atomic E-state index is 14.5. The fourth-order valence-electron chi connectivity index (χ4n) is 2.86. The van der Waals surface area contributed by atoms with Crippen molar-refractivity contribution in [1.29, 1.82) is 0 Å². The van der Waals surface area contributed by atoms with E-state index in [0.29, 0.717) is 11.1 Å². The summed E-state index contributed by atoms with van der Waals surface area (Å²) in [4.78, 5) is 12.5. The zero-order valence-corrected chi connectivity index (χ0v) is 14.8. The van der Waals surface area contributed by atoms with Crippen LogP contribution in [0.4, 0.5) is 8.78 Å². The molecule has 0 amide bonds. The van der Waals surface area contributed by atoms with Crippen LogP contribution >= 0.6 is 11.8 Å². The second-order valence-corrected chi connectivity index (χ2v) is 6.57. The molecule has 0 unspecified atom stereocenters. The SMILES string of the molecule is CSc1ccc(/C=C2\C(C)=C(OC(C)=O)c3cc(F)cc(F)c32)cc1. The first kappa shape index (κ1) is 17.4. The summed E-state index contributed by atoms with van der Waals surface area (Å²) in [6.07, 6.45) is 3.80. The van der Waals surface area contributed by atoms with Gasteiger partial charge in [0.05, 0.1) is 0 Å². The fraction of sp³-hybridized carbons (Fsp3) is 0.150. The topological polar surface area (TPSA) is 26.3 Å². The molecule has 0 saturated carbocycles. The van der Waals surface area contributed by atoms with Crippen LogP contribution in [0.15, 0.2) is 46.9 Å². The lowest BCUT2D eigenvalue weighted by Gasteiger charge is -2.06. The van der Waals surface area contributed by atoms with Crippen LogP contribution in [0.5, 0.6) is 0 Å². The summed E-state index contributed by atoms with van der Waals surface area (Å²) in [5.74, 6) is -1.72. The maximum Gasteiger partial charge on any atom is 0.308 e. The van der Waals surface area contributed by atoms with E-state index in [1.807, 2.05) is 36.6 Å². The molecular weight excluding hydrogens is 342 g/mol. The number of allylic oxidation sites excluding steroid dienone is 2. The standard InChI is InChI=1S/C20H16F2O2S/c1-11-16(8-13-4-6-15(25-3)7-5-13)19-17(20(11)24-12(2)23)9-14(21)10-18(19)22/h4-10H,1-3H3/b16-8+. The van der Waals surface area contributed by atoms with E-state index >= 15 is 0 Å². The number of fused-ring (bicyclic) bond motifs is 1. The summed E-state index contributed by atoms with van der Waals surface area (Å²) in [7, 11) is 0. The molecule has 2 aromatic carbocycles. The molecule has 0 saturated heterocycles. The van der Waals surface area contributed by atoms with Crippen LogP contribution in [0.3, 0.4) is 0 Å². The monoisotopic (exact) mass is 358 g/mol. The molecule has 0 fully saturated rings. The van der Waals surface area contributed by atoms with Crippen molar-refractivity contribution in [3.05, 3.63) is 70.3 Å². The second-order valence-electron chi connectivity index (χ2n) is 5.69. The molecule has 0 N–H and O–H groups in total. The molecule has 0 bridgehead atoms. The van der Waals surface area contributed by atoms with Gasteiger partial charge in [-0.05, 0) is 48.6 Å². The number of rotatable bonds is 3. The normalized spacial score (nSPS) is 14.8. The molecule has 128 valence electrons. The quantitative estimate of drug-likeness (QED) is 0.533. The van der Waals surface area contributed by atoms with Gasteiger partial charge in [-0.1, -0.05) is 12.1 Å². The molecule has 0 spiro atoms. The van der Waals surface area contributed by atoms with E-state index in [0.717, 1.165) is 16.5 Å². The van der Waals surface area contributed by atoms with Crippen LogP contribution in [0.1, 0.15) is 30.5 Å². The molecular formula is C20H16F2O2S. The lowest BCUT2D eigenvalue weighted by Crippen LogP contribution is -1.99. The smallest absolute Gasteiger partial charge is 0.308 e. The van der Waals surface area contributed by atoms with E-state index in [2.05, 4.69) is 0 Å². The van der Waals surface area contributed by atoms with Crippen molar-refractivity contribution in [3.63, 3.8) is 0 Å². The Bertz CT molecular complexity index is 912. The molecule has 1 aliphatic rings. The molecule has 5 heteroatoms. The van der Waals surface area contributed by atoms with Gasteiger partial charge < -0.3 is 4.74 Å². The molecule has 0 heterocycles. The minimum Gasteiger partial charge on any atom is -0.426 e. The first-order valence-electron chi connectivity index (χ1n) is 7.66. The molecule has 25 heavy (non-hydrogen) atoms. The second kappa shape index (κ2) is 6.84. The zero-order chi connectivity index (χ0) is 18.1. The largest absolute Gasteiger partial charge is 0.426 e. The Morgan fingerprint density at radius 3 is 2.44 bits per heavy atom. The molecule has 2 aromatic rings. The third-order valence-electron chi connectivity index (χ3n) is 3.99. The molecule has 0 radical (unpaired) electrons. The lowest BCUT2D eigenvalue weighted by molar-refractivity contribution is -0.134. The van der Waals surface area contributed by atoms with E-state index in [4.69, 9.17) is 4.74 Å². The Hall–Kier alpha value is -2.40. The Balaban J connectivity index is 2.17. The van der Waals surface area contributed by atoms with Gasteiger partial charge >= 0.3 is 5.97 Å². The Kier molecular flexibility index (Phi) is 4.77. The Morgan fingerprint density at radius 2 is 1.84 bits per heavy atom. The maximum atomic E-state index is 14.5. The number of benzene rings is 2. The summed E-state index contributed by atoms with van der Waals surface area (Å²) in [6, 6.07) is 9.83. The van der Waals surface area contributed by atoms with Crippen molar-refractivity contribution in [2.24, 2.45) is 0 Å². The van der Waals surface area contributed by atoms with Crippen LogP contribution in [0, 0.1) is 11.6 Å². The highest BCUT2D eigenvalue weighted by Gasteiger charge is 2.30. The van der Waals surface area contributed by atoms with Crippen molar-refractivity contribution in [2.75, 3.05) is 6.26 Å². The van der Waals surface area contributed by atoms with Gasteiger partial charge in [-0.25, -0.2) is 8.78 Å². The summed E-state index contributed by atoms with van der Waals surface area (Å²) in [5.41, 5.74) is 2.58. The molecule has 2 nitrogen and oxygen atoms in total. The van der Waals surface area contributed by atoms with E-state index in [9.17, 15) is 13.6 Å². The Labute approximate surface area is 149 Å². The average Bonchev–Trinajstić information content (AvgIpc) is 2.81. The fourth-order valence-corrected chi connectivity index (χ4v) is 3.27. The van der Waals surface area contributed by atoms with Crippen molar-refractivity contribution < 1.29 is 18.3 Å². The minimum absolute atomic E-state index is 0.202. The van der Waals surface area contributed by atoms with Gasteiger partial charge in [0.25, 0.3) is 0 Å². The van der Waals surface area contributed by atoms with Gasteiger partial charge in [-0.15, -0.1) is 11.8 Å². The van der Waals surface area contributed by atoms with Crippen LogP contribution in [0.25, 0.3) is 17.4 Å². The highest BCUT2D eigenvalue weighted by molar-refractivity contribution is 7.98. The number of carbonyl (C=O) groups is 1. The zero-order valence-electron chi connectivity index (χ0n) is 14.0. The molecule has 0 aromatic heterocycles. The lowest BCUT2D eigenvalue weighted by atomic mass is 10.00. The first-order chi connectivity index (χ1) is 11.9. The van der Waals surface area contributed by atoms with E-state index in [1.165, 1.54) is 13.0 Å². The van der Waals surface area contributed by atoms with Crippen LogP contribution in [-0.2, 0) is 9.53 Å². The summed E-state index contributed by atoms with van der Waals surface area (Å²) in [6.45, 7) is 3.00. The molecule has 1 aliphatic carbocycles. The van der Waals surface area contributed by atoms with Gasteiger partial charge in [-0.2, -0.15) is 0 Å². The van der Waals surface area contributed by atoms with Gasteiger partial charge in [0, 0.05) is 34.6 Å². The van der Waals surface area contributed by atoms with Crippen molar-refractivity contribution in [3.8, 4) is 0 Å². The molecule has 0 aliphatic heterocycles. The third-order valence-corrected chi connectivity index (χ3v) is 4.73. The summed E-state index contributed by atoms with van der Waals surface area (Å²) >= 11 is 1.63. The van der Waals surface area contributed by atoms with Crippen LogP contribution in [0.2, 0.25) is 0 Å². The Morgan fingerprint density at radius 1 is 1.16 bits per heavy atom. The van der Waals surface area contributed by atoms with Gasteiger partial charge in [0.15, 0.2) is 0 Å². The number of esters is 1. The van der Waals surface area contributed by atoms with Gasteiger partial charge in [0.1, 0.15) is 17.4 Å². The predicted molar refractivity (Wildman–Crippen MR) is 96.8 cm³/mol. The van der Waals surface area contributed by atoms with Crippen molar-refractivity contribution in [2.45, 2.75) is 18.7 Å². The number of halogens is 2. The van der Waals surface area contributed by atoms with Crippen molar-refractivity contribution in [1.82, 2.24) is 0 Å². The summed E-state index contributed by atoms with van der Waals surface area (Å²) < 4.78 is 33.4. The van der Waals surface area contributed by atoms with Crippen molar-refractivity contribution >= 4 is 35.1 Å². The number of thioether (sulfide) groups is 1. The molecule has 3 rings (SSSR count). The average molecular weight is 358 g/mol. The van der Waals surface area contributed by atoms with Crippen LogP contribution in [-0.4, -0.2) is 12.2 Å². The van der Waals surface area contributed by atoms with E-state index < -0.39 is 17.6 Å². The van der Waals surface area contributed by atoms with E-state index in [1.54, 1.807) is 18.7 Å². The summed E-state index contributed by atoms with van der Waals surface area (Å²) in [5, 5.41) is 0. The third kappa shape index (κ3) is 3.37. The highest BCUT2D eigenvalue weighted by atomic mass is 32.2. The highest BCUT2D eigenvalue weighted by Crippen LogP contribution is 2.44. The first-order valence-corrected chi connectivity index (χ1v) is 8.88. The van der Waals surface area contributed by atoms with Crippen LogP contribution < -0.4 is 0 Å². The van der Waals surface area contributed by atoms with E-state index in [-0.39, 0.29) is 16.9 Å². The number of hydrogen-bond donors (Lipinski definition) is 0. The number of hydrogen-bond acceptors (Lipinski definition) is 3. The number of ether oxygens (including phenoxy) is 1. The predicted octanol–water partition coefficient (Wildman–Crippen LogP) is 5.54.